The highest BCUT2D eigenvalue weighted by molar-refractivity contribution is 14.1. The highest BCUT2D eigenvalue weighted by atomic mass is 127. The molecule has 0 radical (unpaired) electrons. The van der Waals surface area contributed by atoms with Gasteiger partial charge < -0.3 is 0 Å². The van der Waals surface area contributed by atoms with E-state index in [0.29, 0.717) is 0 Å². The van der Waals surface area contributed by atoms with Crippen LogP contribution in [0.15, 0.2) is 35.5 Å². The molecule has 0 rings (SSSR count). The minimum absolute atomic E-state index is 1.06. The van der Waals surface area contributed by atoms with Gasteiger partial charge in [-0.2, -0.15) is 0 Å². The molecule has 0 spiro atoms. The lowest BCUT2D eigenvalue weighted by Crippen LogP contribution is -1.83. The number of halogens is 1. The largest absolute Gasteiger partial charge is 0.0995 e. The fraction of sp³-hybridized carbons (Fsp3) is 0.571. The quantitative estimate of drug-likeness (QED) is 0.333. The van der Waals surface area contributed by atoms with E-state index in [4.69, 9.17) is 0 Å². The van der Waals surface area contributed by atoms with Crippen molar-refractivity contribution < 1.29 is 0 Å². The Labute approximate surface area is 109 Å². The highest BCUT2D eigenvalue weighted by Crippen LogP contribution is 2.12. The van der Waals surface area contributed by atoms with Crippen LogP contribution in [0, 0.1) is 0 Å². The van der Waals surface area contributed by atoms with Gasteiger partial charge >= 0.3 is 0 Å². The van der Waals surface area contributed by atoms with Crippen molar-refractivity contribution in [3.63, 3.8) is 0 Å². The summed E-state index contributed by atoms with van der Waals surface area (Å²) in [5.41, 5.74) is 4.25. The van der Waals surface area contributed by atoms with E-state index in [1.54, 1.807) is 0 Å². The van der Waals surface area contributed by atoms with Crippen LogP contribution in [0.4, 0.5) is 0 Å². The van der Waals surface area contributed by atoms with Gasteiger partial charge in [0.15, 0.2) is 0 Å². The molecule has 0 aliphatic carbocycles. The number of alkyl halides is 1. The first-order valence-electron chi connectivity index (χ1n) is 5.58. The molecule has 0 aromatic rings. The first-order chi connectivity index (χ1) is 7.06. The molecule has 0 fully saturated rings. The van der Waals surface area contributed by atoms with Crippen molar-refractivity contribution in [3.8, 4) is 0 Å². The molecule has 0 nitrogen and oxygen atoms in total. The van der Waals surface area contributed by atoms with Crippen LogP contribution in [0.2, 0.25) is 0 Å². The molecule has 86 valence electrons. The van der Waals surface area contributed by atoms with Gasteiger partial charge in [0, 0.05) is 4.43 Å². The minimum Gasteiger partial charge on any atom is -0.0995 e. The van der Waals surface area contributed by atoms with Crippen LogP contribution in [-0.2, 0) is 0 Å². The maximum atomic E-state index is 4.06. The van der Waals surface area contributed by atoms with Gasteiger partial charge in [0.25, 0.3) is 0 Å². The molecule has 1 heteroatoms. The molecule has 0 heterocycles. The Hall–Kier alpha value is -0.0500. The van der Waals surface area contributed by atoms with Crippen molar-refractivity contribution in [2.45, 2.75) is 46.5 Å². The first kappa shape index (κ1) is 14.9. The summed E-state index contributed by atoms with van der Waals surface area (Å²) in [4.78, 5) is 0. The number of allylic oxidation sites excluding steroid dienone is 5. The van der Waals surface area contributed by atoms with Gasteiger partial charge in [0.05, 0.1) is 0 Å². The third kappa shape index (κ3) is 10.2. The van der Waals surface area contributed by atoms with Gasteiger partial charge in [-0.1, -0.05) is 58.0 Å². The molecule has 0 saturated heterocycles. The standard InChI is InChI=1S/C14H23I/c1-12(2)6-5-7-13(3)8-9-14(4)10-11-15/h6,8H,4-5,7,9-11H2,1-3H3/b13-8+. The van der Waals surface area contributed by atoms with Crippen LogP contribution in [0.1, 0.15) is 46.5 Å². The summed E-state index contributed by atoms with van der Waals surface area (Å²) in [5.74, 6) is 0. The van der Waals surface area contributed by atoms with Crippen LogP contribution >= 0.6 is 22.6 Å². The monoisotopic (exact) mass is 318 g/mol. The fourth-order valence-corrected chi connectivity index (χ4v) is 2.01. The summed E-state index contributed by atoms with van der Waals surface area (Å²) in [6.07, 6.45) is 9.19. The molecule has 15 heavy (non-hydrogen) atoms. The summed E-state index contributed by atoms with van der Waals surface area (Å²) >= 11 is 2.40. The second kappa shape index (κ2) is 9.20. The van der Waals surface area contributed by atoms with Crippen LogP contribution in [0.5, 0.6) is 0 Å². The van der Waals surface area contributed by atoms with Gasteiger partial charge in [-0.3, -0.25) is 0 Å². The molecule has 0 aromatic carbocycles. The predicted molar refractivity (Wildman–Crippen MR) is 79.7 cm³/mol. The van der Waals surface area contributed by atoms with Gasteiger partial charge in [-0.05, 0) is 46.5 Å². The van der Waals surface area contributed by atoms with Crippen LogP contribution in [0.3, 0.4) is 0 Å². The zero-order chi connectivity index (χ0) is 11.7. The predicted octanol–water partition coefficient (Wildman–Crippen LogP) is 5.45. The van der Waals surface area contributed by atoms with E-state index >= 15 is 0 Å². The fourth-order valence-electron chi connectivity index (χ4n) is 1.24. The van der Waals surface area contributed by atoms with Gasteiger partial charge in [-0.25, -0.2) is 0 Å². The third-order valence-corrected chi connectivity index (χ3v) is 2.82. The highest BCUT2D eigenvalue weighted by Gasteiger charge is 1.92. The average Bonchev–Trinajstić information content (AvgIpc) is 2.14. The Morgan fingerprint density at radius 1 is 1.13 bits per heavy atom. The van der Waals surface area contributed by atoms with E-state index in [9.17, 15) is 0 Å². The normalized spacial score (nSPS) is 11.3. The summed E-state index contributed by atoms with van der Waals surface area (Å²) in [5, 5.41) is 0. The van der Waals surface area contributed by atoms with Gasteiger partial charge in [0.1, 0.15) is 0 Å². The zero-order valence-electron chi connectivity index (χ0n) is 10.3. The Bertz CT molecular complexity index is 242. The van der Waals surface area contributed by atoms with E-state index in [2.05, 4.69) is 62.1 Å². The smallest absolute Gasteiger partial charge is 0.00326 e. The van der Waals surface area contributed by atoms with Crippen molar-refractivity contribution in [1.29, 1.82) is 0 Å². The average molecular weight is 318 g/mol. The summed E-state index contributed by atoms with van der Waals surface area (Å²) < 4.78 is 1.18. The maximum absolute atomic E-state index is 4.06. The molecule has 0 aromatic heterocycles. The Balaban J connectivity index is 3.79. The number of hydrogen-bond acceptors (Lipinski definition) is 0. The van der Waals surface area contributed by atoms with Gasteiger partial charge in [-0.15, -0.1) is 0 Å². The number of hydrogen-bond donors (Lipinski definition) is 0. The SMILES string of the molecule is C=C(C/C=C(\C)CCC=C(C)C)CCI. The summed E-state index contributed by atoms with van der Waals surface area (Å²) in [6.45, 7) is 10.6. The molecule has 0 aliphatic heterocycles. The van der Waals surface area contributed by atoms with E-state index < -0.39 is 0 Å². The van der Waals surface area contributed by atoms with E-state index in [1.165, 1.54) is 34.0 Å². The lowest BCUT2D eigenvalue weighted by atomic mass is 10.1. The van der Waals surface area contributed by atoms with Gasteiger partial charge in [0.2, 0.25) is 0 Å². The minimum atomic E-state index is 1.06. The molecule has 0 atom stereocenters. The second-order valence-electron chi connectivity index (χ2n) is 4.26. The molecular formula is C14H23I. The second-order valence-corrected chi connectivity index (χ2v) is 5.34. The Morgan fingerprint density at radius 3 is 2.33 bits per heavy atom. The van der Waals surface area contributed by atoms with Crippen molar-refractivity contribution in [3.05, 3.63) is 35.5 Å². The van der Waals surface area contributed by atoms with Crippen LogP contribution < -0.4 is 0 Å². The van der Waals surface area contributed by atoms with Crippen LogP contribution in [-0.4, -0.2) is 4.43 Å². The zero-order valence-corrected chi connectivity index (χ0v) is 12.4. The molecule has 0 bridgehead atoms. The van der Waals surface area contributed by atoms with Crippen molar-refractivity contribution in [2.24, 2.45) is 0 Å². The van der Waals surface area contributed by atoms with Crippen LogP contribution in [0.25, 0.3) is 0 Å². The van der Waals surface area contributed by atoms with Crippen molar-refractivity contribution in [2.75, 3.05) is 4.43 Å². The third-order valence-electron chi connectivity index (χ3n) is 2.28. The Morgan fingerprint density at radius 2 is 1.80 bits per heavy atom. The van der Waals surface area contributed by atoms with Crippen molar-refractivity contribution >= 4 is 22.6 Å². The summed E-state index contributed by atoms with van der Waals surface area (Å²) in [6, 6.07) is 0. The lowest BCUT2D eigenvalue weighted by molar-refractivity contribution is 0.947. The Kier molecular flexibility index (Phi) is 9.17. The molecule has 0 N–H and O–H groups in total. The lowest BCUT2D eigenvalue weighted by Gasteiger charge is -2.01. The molecule has 0 saturated carbocycles. The topological polar surface area (TPSA) is 0 Å². The molecular weight excluding hydrogens is 295 g/mol. The van der Waals surface area contributed by atoms with E-state index in [0.717, 1.165) is 12.8 Å². The van der Waals surface area contributed by atoms with E-state index in [-0.39, 0.29) is 0 Å². The number of rotatable bonds is 7. The molecule has 0 amide bonds. The first-order valence-corrected chi connectivity index (χ1v) is 7.10. The van der Waals surface area contributed by atoms with Crippen molar-refractivity contribution in [1.82, 2.24) is 0 Å². The molecule has 0 aliphatic rings. The van der Waals surface area contributed by atoms with E-state index in [1.807, 2.05) is 0 Å². The summed E-state index contributed by atoms with van der Waals surface area (Å²) in [7, 11) is 0. The maximum Gasteiger partial charge on any atom is 0.00326 e. The molecule has 0 unspecified atom stereocenters.